The van der Waals surface area contributed by atoms with Crippen molar-refractivity contribution in [1.82, 2.24) is 0 Å². The standard InChI is InChI=1S/C27H26FN3O2S/c1-4-33-25-8-6-5-7-21(25)30-26(32)16-34-27-15-22(19-9-11-20(28)12-10-19)29-23-13-17(2)18(3)14-24(23)31-27/h5-14H,4,15-16H2,1-3H3,(H,30,32). The van der Waals surface area contributed by atoms with Gasteiger partial charge in [0.05, 0.1) is 40.2 Å². The maximum atomic E-state index is 13.5. The molecule has 0 bridgehead atoms. The molecule has 174 valence electrons. The number of aliphatic imine (C=N–C) groups is 2. The topological polar surface area (TPSA) is 63.0 Å². The zero-order chi connectivity index (χ0) is 24.1. The Bertz CT molecular complexity index is 1270. The Balaban J connectivity index is 1.56. The van der Waals surface area contributed by atoms with E-state index in [1.54, 1.807) is 12.1 Å². The lowest BCUT2D eigenvalue weighted by atomic mass is 10.1. The highest BCUT2D eigenvalue weighted by molar-refractivity contribution is 8.14. The first kappa shape index (κ1) is 23.7. The minimum Gasteiger partial charge on any atom is -0.492 e. The van der Waals surface area contributed by atoms with Crippen LogP contribution in [-0.2, 0) is 4.79 Å². The lowest BCUT2D eigenvalue weighted by molar-refractivity contribution is -0.113. The van der Waals surface area contributed by atoms with Crippen molar-refractivity contribution >= 4 is 45.5 Å². The van der Waals surface area contributed by atoms with E-state index in [0.29, 0.717) is 24.5 Å². The van der Waals surface area contributed by atoms with E-state index in [-0.39, 0.29) is 17.5 Å². The van der Waals surface area contributed by atoms with E-state index in [1.807, 2.05) is 57.2 Å². The number of halogens is 1. The highest BCUT2D eigenvalue weighted by Crippen LogP contribution is 2.36. The number of benzene rings is 3. The molecule has 1 heterocycles. The van der Waals surface area contributed by atoms with Gasteiger partial charge in [-0.15, -0.1) is 11.8 Å². The zero-order valence-electron chi connectivity index (χ0n) is 19.4. The van der Waals surface area contributed by atoms with Crippen LogP contribution < -0.4 is 10.1 Å². The van der Waals surface area contributed by atoms with Crippen molar-refractivity contribution in [1.29, 1.82) is 0 Å². The number of carbonyl (C=O) groups is 1. The molecule has 0 fully saturated rings. The van der Waals surface area contributed by atoms with Crippen LogP contribution in [0.25, 0.3) is 0 Å². The summed E-state index contributed by atoms with van der Waals surface area (Å²) in [6, 6.07) is 17.7. The summed E-state index contributed by atoms with van der Waals surface area (Å²) in [6.45, 7) is 6.50. The Hall–Kier alpha value is -3.45. The highest BCUT2D eigenvalue weighted by atomic mass is 32.2. The molecule has 4 rings (SSSR count). The first-order chi connectivity index (χ1) is 16.4. The molecular formula is C27H26FN3O2S. The molecule has 0 radical (unpaired) electrons. The summed E-state index contributed by atoms with van der Waals surface area (Å²) >= 11 is 1.37. The zero-order valence-corrected chi connectivity index (χ0v) is 20.2. The highest BCUT2D eigenvalue weighted by Gasteiger charge is 2.18. The molecule has 0 atom stereocenters. The van der Waals surface area contributed by atoms with E-state index in [9.17, 15) is 9.18 Å². The van der Waals surface area contributed by atoms with Crippen molar-refractivity contribution in [2.24, 2.45) is 9.98 Å². The smallest absolute Gasteiger partial charge is 0.234 e. The van der Waals surface area contributed by atoms with Crippen LogP contribution in [0.3, 0.4) is 0 Å². The molecule has 7 heteroatoms. The lowest BCUT2D eigenvalue weighted by Gasteiger charge is -2.11. The van der Waals surface area contributed by atoms with E-state index in [2.05, 4.69) is 5.32 Å². The Labute approximate surface area is 203 Å². The van der Waals surface area contributed by atoms with Crippen LogP contribution in [0, 0.1) is 19.7 Å². The van der Waals surface area contributed by atoms with Crippen LogP contribution in [0.5, 0.6) is 5.75 Å². The number of fused-ring (bicyclic) bond motifs is 1. The molecule has 1 aliphatic rings. The van der Waals surface area contributed by atoms with Gasteiger partial charge in [-0.05, 0) is 73.9 Å². The maximum absolute atomic E-state index is 13.5. The van der Waals surface area contributed by atoms with Gasteiger partial charge in [-0.3, -0.25) is 9.79 Å². The molecule has 0 saturated carbocycles. The van der Waals surface area contributed by atoms with Crippen LogP contribution >= 0.6 is 11.8 Å². The minimum atomic E-state index is -0.294. The number of aryl methyl sites for hydroxylation is 2. The van der Waals surface area contributed by atoms with Crippen LogP contribution in [0.1, 0.15) is 30.0 Å². The fourth-order valence-corrected chi connectivity index (χ4v) is 4.32. The summed E-state index contributed by atoms with van der Waals surface area (Å²) in [5, 5.41) is 3.70. The Morgan fingerprint density at radius 3 is 2.41 bits per heavy atom. The van der Waals surface area contributed by atoms with Gasteiger partial charge in [-0.25, -0.2) is 9.38 Å². The maximum Gasteiger partial charge on any atom is 0.234 e. The molecule has 5 nitrogen and oxygen atoms in total. The first-order valence-corrected chi connectivity index (χ1v) is 12.1. The summed E-state index contributed by atoms with van der Waals surface area (Å²) in [6.07, 6.45) is 0.450. The third kappa shape index (κ3) is 5.72. The number of amides is 1. The molecule has 3 aromatic carbocycles. The van der Waals surface area contributed by atoms with Crippen LogP contribution in [0.15, 0.2) is 70.6 Å². The molecule has 1 amide bonds. The van der Waals surface area contributed by atoms with Crippen molar-refractivity contribution in [3.63, 3.8) is 0 Å². The minimum absolute atomic E-state index is 0.148. The number of nitrogens with zero attached hydrogens (tertiary/aromatic N) is 2. The van der Waals surface area contributed by atoms with Gasteiger partial charge in [0.15, 0.2) is 0 Å². The van der Waals surface area contributed by atoms with E-state index >= 15 is 0 Å². The van der Waals surface area contributed by atoms with Gasteiger partial charge in [0.2, 0.25) is 5.91 Å². The van der Waals surface area contributed by atoms with Crippen molar-refractivity contribution in [2.75, 3.05) is 17.7 Å². The van der Waals surface area contributed by atoms with Gasteiger partial charge >= 0.3 is 0 Å². The molecule has 1 N–H and O–H groups in total. The number of para-hydroxylation sites is 2. The van der Waals surface area contributed by atoms with E-state index in [4.69, 9.17) is 14.7 Å². The van der Waals surface area contributed by atoms with Gasteiger partial charge in [0, 0.05) is 6.42 Å². The SMILES string of the molecule is CCOc1ccccc1NC(=O)CSC1=Nc2cc(C)c(C)cc2N=C(c2ccc(F)cc2)C1. The number of hydrogen-bond donors (Lipinski definition) is 1. The summed E-state index contributed by atoms with van der Waals surface area (Å²) in [4.78, 5) is 22.4. The van der Waals surface area contributed by atoms with Gasteiger partial charge in [0.1, 0.15) is 11.6 Å². The second-order valence-corrected chi connectivity index (χ2v) is 8.99. The van der Waals surface area contributed by atoms with Crippen molar-refractivity contribution in [3.05, 3.63) is 83.2 Å². The average Bonchev–Trinajstić information content (AvgIpc) is 2.99. The Kier molecular flexibility index (Phi) is 7.43. The normalized spacial score (nSPS) is 12.8. The van der Waals surface area contributed by atoms with Crippen molar-refractivity contribution in [2.45, 2.75) is 27.2 Å². The van der Waals surface area contributed by atoms with E-state index in [0.717, 1.165) is 38.8 Å². The predicted octanol–water partition coefficient (Wildman–Crippen LogP) is 6.77. The average molecular weight is 476 g/mol. The van der Waals surface area contributed by atoms with Crippen LogP contribution in [0.4, 0.5) is 21.5 Å². The number of carbonyl (C=O) groups excluding carboxylic acids is 1. The largest absolute Gasteiger partial charge is 0.492 e. The number of anilines is 1. The quantitative estimate of drug-likeness (QED) is 0.428. The number of hydrogen-bond acceptors (Lipinski definition) is 5. The molecule has 0 aromatic heterocycles. The first-order valence-electron chi connectivity index (χ1n) is 11.1. The third-order valence-electron chi connectivity index (χ3n) is 5.42. The molecule has 0 spiro atoms. The van der Waals surface area contributed by atoms with Gasteiger partial charge in [-0.1, -0.05) is 24.3 Å². The summed E-state index contributed by atoms with van der Waals surface area (Å²) in [5.41, 5.74) is 6.05. The van der Waals surface area contributed by atoms with Gasteiger partial charge < -0.3 is 10.1 Å². The lowest BCUT2D eigenvalue weighted by Crippen LogP contribution is -2.17. The van der Waals surface area contributed by atoms with Gasteiger partial charge in [0.25, 0.3) is 0 Å². The summed E-state index contributed by atoms with van der Waals surface area (Å²) in [7, 11) is 0. The number of thioether (sulfide) groups is 1. The molecule has 0 aliphatic carbocycles. The van der Waals surface area contributed by atoms with Gasteiger partial charge in [-0.2, -0.15) is 0 Å². The fourth-order valence-electron chi connectivity index (χ4n) is 3.55. The fraction of sp³-hybridized carbons (Fsp3) is 0.222. The van der Waals surface area contributed by atoms with Crippen molar-refractivity contribution < 1.29 is 13.9 Å². The molecule has 0 unspecified atom stereocenters. The Morgan fingerprint density at radius 1 is 1.03 bits per heavy atom. The second kappa shape index (κ2) is 10.7. The van der Waals surface area contributed by atoms with E-state index in [1.165, 1.54) is 23.9 Å². The molecular weight excluding hydrogens is 449 g/mol. The summed E-state index contributed by atoms with van der Waals surface area (Å²) < 4.78 is 19.1. The molecule has 0 saturated heterocycles. The van der Waals surface area contributed by atoms with Crippen LogP contribution in [-0.4, -0.2) is 29.0 Å². The molecule has 1 aliphatic heterocycles. The predicted molar refractivity (Wildman–Crippen MR) is 139 cm³/mol. The molecule has 34 heavy (non-hydrogen) atoms. The number of rotatable bonds is 6. The Morgan fingerprint density at radius 2 is 1.71 bits per heavy atom. The number of nitrogens with one attached hydrogen (secondary N) is 1. The van der Waals surface area contributed by atoms with Crippen LogP contribution in [0.2, 0.25) is 0 Å². The number of ether oxygens (including phenoxy) is 1. The van der Waals surface area contributed by atoms with E-state index < -0.39 is 0 Å². The van der Waals surface area contributed by atoms with Crippen molar-refractivity contribution in [3.8, 4) is 5.75 Å². The summed E-state index contributed by atoms with van der Waals surface area (Å²) in [5.74, 6) is 0.387. The monoisotopic (exact) mass is 475 g/mol. The molecule has 3 aromatic rings. The third-order valence-corrected chi connectivity index (χ3v) is 6.39. The second-order valence-electron chi connectivity index (χ2n) is 7.94.